The molecule has 2 amide bonds. The standard InChI is InChI=1S/C30H35Cl2N3O5S/c1-20-7-11-24(12-8-20)35(41(38,39)26-15-13-25(40-6)14-16-26)19-28(36)34(21(2)29(37)33-30(3,4)5)18-22-9-10-23(31)17-27(22)32/h7-17,21H,18-19H2,1-6H3,(H,33,37)/t21-/m1/s1. The average molecular weight is 621 g/mol. The van der Waals surface area contributed by atoms with Crippen molar-refractivity contribution in [2.45, 2.75) is 57.6 Å². The molecule has 0 aliphatic heterocycles. The number of carbonyl (C=O) groups excluding carboxylic acids is 2. The second-order valence-corrected chi connectivity index (χ2v) is 13.4. The number of ether oxygens (including phenoxy) is 1. The summed E-state index contributed by atoms with van der Waals surface area (Å²) < 4.78 is 34.0. The number of anilines is 1. The summed E-state index contributed by atoms with van der Waals surface area (Å²) in [5.74, 6) is -0.493. The Bertz CT molecular complexity index is 1490. The largest absolute Gasteiger partial charge is 0.497 e. The molecule has 0 heterocycles. The summed E-state index contributed by atoms with van der Waals surface area (Å²) in [7, 11) is -2.71. The van der Waals surface area contributed by atoms with Gasteiger partial charge < -0.3 is 15.0 Å². The van der Waals surface area contributed by atoms with E-state index < -0.39 is 40.0 Å². The van der Waals surface area contributed by atoms with Crippen LogP contribution in [0, 0.1) is 6.92 Å². The quantitative estimate of drug-likeness (QED) is 0.308. The number of carbonyl (C=O) groups is 2. The van der Waals surface area contributed by atoms with E-state index in [2.05, 4.69) is 5.32 Å². The predicted molar refractivity (Wildman–Crippen MR) is 163 cm³/mol. The Morgan fingerprint density at radius 3 is 2.12 bits per heavy atom. The number of rotatable bonds is 10. The number of sulfonamides is 1. The molecule has 8 nitrogen and oxygen atoms in total. The van der Waals surface area contributed by atoms with Gasteiger partial charge in [-0.15, -0.1) is 0 Å². The molecule has 0 saturated heterocycles. The molecule has 220 valence electrons. The summed E-state index contributed by atoms with van der Waals surface area (Å²) in [5, 5.41) is 3.63. The average Bonchev–Trinajstić information content (AvgIpc) is 2.90. The molecule has 0 fully saturated rings. The van der Waals surface area contributed by atoms with Crippen molar-refractivity contribution in [1.29, 1.82) is 0 Å². The van der Waals surface area contributed by atoms with Crippen LogP contribution in [0.2, 0.25) is 10.0 Å². The number of hydrogen-bond donors (Lipinski definition) is 1. The molecule has 1 N–H and O–H groups in total. The third-order valence-corrected chi connectivity index (χ3v) is 8.64. The minimum absolute atomic E-state index is 0.0162. The number of aryl methyl sites for hydroxylation is 1. The number of benzene rings is 3. The molecule has 0 aromatic heterocycles. The molecule has 0 unspecified atom stereocenters. The highest BCUT2D eigenvalue weighted by atomic mass is 35.5. The Morgan fingerprint density at radius 2 is 1.59 bits per heavy atom. The number of amides is 2. The lowest BCUT2D eigenvalue weighted by Crippen LogP contribution is -2.54. The Balaban J connectivity index is 2.05. The number of nitrogens with one attached hydrogen (secondary N) is 1. The molecule has 3 aromatic rings. The van der Waals surface area contributed by atoms with Gasteiger partial charge in [0.1, 0.15) is 18.3 Å². The molecule has 41 heavy (non-hydrogen) atoms. The zero-order valence-corrected chi connectivity index (χ0v) is 26.3. The van der Waals surface area contributed by atoms with Gasteiger partial charge in [0, 0.05) is 22.1 Å². The highest BCUT2D eigenvalue weighted by Gasteiger charge is 2.33. The minimum atomic E-state index is -4.20. The first-order valence-corrected chi connectivity index (χ1v) is 15.1. The number of hydrogen-bond acceptors (Lipinski definition) is 5. The topological polar surface area (TPSA) is 96.0 Å². The fourth-order valence-electron chi connectivity index (χ4n) is 4.00. The van der Waals surface area contributed by atoms with Gasteiger partial charge in [0.05, 0.1) is 17.7 Å². The van der Waals surface area contributed by atoms with Crippen LogP contribution in [0.1, 0.15) is 38.8 Å². The van der Waals surface area contributed by atoms with Crippen LogP contribution in [0.4, 0.5) is 5.69 Å². The first kappa shape index (κ1) is 32.2. The van der Waals surface area contributed by atoms with Crippen molar-refractivity contribution < 1.29 is 22.7 Å². The van der Waals surface area contributed by atoms with Crippen molar-refractivity contribution >= 4 is 50.7 Å². The minimum Gasteiger partial charge on any atom is -0.497 e. The molecule has 0 radical (unpaired) electrons. The van der Waals surface area contributed by atoms with Crippen molar-refractivity contribution in [1.82, 2.24) is 10.2 Å². The van der Waals surface area contributed by atoms with Crippen molar-refractivity contribution in [3.8, 4) is 5.75 Å². The zero-order chi connectivity index (χ0) is 30.5. The monoisotopic (exact) mass is 619 g/mol. The third kappa shape index (κ3) is 8.38. The van der Waals surface area contributed by atoms with Crippen molar-refractivity contribution in [3.63, 3.8) is 0 Å². The molecule has 11 heteroatoms. The predicted octanol–water partition coefficient (Wildman–Crippen LogP) is 5.84. The molecule has 1 atom stereocenters. The van der Waals surface area contributed by atoms with E-state index >= 15 is 0 Å². The van der Waals surface area contributed by atoms with Gasteiger partial charge in [-0.1, -0.05) is 47.0 Å². The van der Waals surface area contributed by atoms with Crippen LogP contribution in [0.5, 0.6) is 5.75 Å². The van der Waals surface area contributed by atoms with Gasteiger partial charge in [-0.25, -0.2) is 8.42 Å². The fourth-order valence-corrected chi connectivity index (χ4v) is 5.89. The van der Waals surface area contributed by atoms with Crippen LogP contribution >= 0.6 is 23.2 Å². The Morgan fingerprint density at radius 1 is 0.976 bits per heavy atom. The lowest BCUT2D eigenvalue weighted by atomic mass is 10.1. The molecule has 0 spiro atoms. The summed E-state index contributed by atoms with van der Waals surface area (Å²) in [6.45, 7) is 8.37. The van der Waals surface area contributed by atoms with E-state index in [0.29, 0.717) is 27.0 Å². The van der Waals surface area contributed by atoms with Crippen molar-refractivity contribution in [2.75, 3.05) is 18.0 Å². The van der Waals surface area contributed by atoms with E-state index in [1.165, 1.54) is 36.3 Å². The molecule has 0 bridgehead atoms. The van der Waals surface area contributed by atoms with Crippen molar-refractivity contribution in [2.24, 2.45) is 0 Å². The van der Waals surface area contributed by atoms with E-state index in [-0.39, 0.29) is 11.4 Å². The van der Waals surface area contributed by atoms with Crippen LogP contribution in [0.15, 0.2) is 71.6 Å². The molecular weight excluding hydrogens is 585 g/mol. The SMILES string of the molecule is COc1ccc(S(=O)(=O)N(CC(=O)N(Cc2ccc(Cl)cc2Cl)[C@H](C)C(=O)NC(C)(C)C)c2ccc(C)cc2)cc1. The third-order valence-electron chi connectivity index (χ3n) is 6.27. The first-order chi connectivity index (χ1) is 19.1. The second-order valence-electron chi connectivity index (χ2n) is 10.7. The van der Waals surface area contributed by atoms with Crippen LogP contribution in [0.3, 0.4) is 0 Å². The molecular formula is C30H35Cl2N3O5S. The maximum absolute atomic E-state index is 14.0. The summed E-state index contributed by atoms with van der Waals surface area (Å²) >= 11 is 12.5. The van der Waals surface area contributed by atoms with E-state index in [1.54, 1.807) is 49.4 Å². The zero-order valence-electron chi connectivity index (χ0n) is 23.9. The normalized spacial score (nSPS) is 12.4. The molecule has 0 aliphatic carbocycles. The lowest BCUT2D eigenvalue weighted by molar-refractivity contribution is -0.140. The lowest BCUT2D eigenvalue weighted by Gasteiger charge is -2.33. The summed E-state index contributed by atoms with van der Waals surface area (Å²) in [6.07, 6.45) is 0. The van der Waals surface area contributed by atoms with Gasteiger partial charge in [0.15, 0.2) is 0 Å². The molecule has 3 aromatic carbocycles. The highest BCUT2D eigenvalue weighted by molar-refractivity contribution is 7.92. The van der Waals surface area contributed by atoms with E-state index in [0.717, 1.165) is 9.87 Å². The fraction of sp³-hybridized carbons (Fsp3) is 0.333. The van der Waals surface area contributed by atoms with E-state index in [9.17, 15) is 18.0 Å². The second kappa shape index (κ2) is 13.1. The van der Waals surface area contributed by atoms with Gasteiger partial charge in [-0.3, -0.25) is 13.9 Å². The first-order valence-electron chi connectivity index (χ1n) is 12.9. The van der Waals surface area contributed by atoms with Gasteiger partial charge in [-0.2, -0.15) is 0 Å². The van der Waals surface area contributed by atoms with Crippen LogP contribution in [-0.4, -0.2) is 50.4 Å². The van der Waals surface area contributed by atoms with E-state index in [1.807, 2.05) is 27.7 Å². The Labute approximate surface area is 252 Å². The van der Waals surface area contributed by atoms with Crippen LogP contribution in [0.25, 0.3) is 0 Å². The molecule has 0 aliphatic rings. The van der Waals surface area contributed by atoms with Crippen LogP contribution < -0.4 is 14.4 Å². The van der Waals surface area contributed by atoms with E-state index in [4.69, 9.17) is 27.9 Å². The summed E-state index contributed by atoms with van der Waals surface area (Å²) in [6, 6.07) is 16.6. The van der Waals surface area contributed by atoms with Gasteiger partial charge in [0.2, 0.25) is 11.8 Å². The number of nitrogens with zero attached hydrogens (tertiary/aromatic N) is 2. The van der Waals surface area contributed by atoms with Gasteiger partial charge in [0.25, 0.3) is 10.0 Å². The number of methoxy groups -OCH3 is 1. The molecule has 0 saturated carbocycles. The Kier molecular flexibility index (Phi) is 10.3. The van der Waals surface area contributed by atoms with Crippen molar-refractivity contribution in [3.05, 3.63) is 87.9 Å². The van der Waals surface area contributed by atoms with Gasteiger partial charge in [-0.05, 0) is 88.7 Å². The number of halogens is 2. The van der Waals surface area contributed by atoms with Crippen LogP contribution in [-0.2, 0) is 26.2 Å². The molecule has 3 rings (SSSR count). The maximum atomic E-state index is 14.0. The Hall–Kier alpha value is -3.27. The maximum Gasteiger partial charge on any atom is 0.264 e. The summed E-state index contributed by atoms with van der Waals surface area (Å²) in [4.78, 5) is 28.5. The summed E-state index contributed by atoms with van der Waals surface area (Å²) in [5.41, 5.74) is 1.23. The smallest absolute Gasteiger partial charge is 0.264 e. The van der Waals surface area contributed by atoms with Gasteiger partial charge >= 0.3 is 0 Å². The highest BCUT2D eigenvalue weighted by Crippen LogP contribution is 2.27.